The normalized spacial score (nSPS) is 10.9. The molecule has 0 atom stereocenters. The molecule has 0 unspecified atom stereocenters. The van der Waals surface area contributed by atoms with E-state index >= 15 is 0 Å². The van der Waals surface area contributed by atoms with Crippen LogP contribution < -0.4 is 5.32 Å². The van der Waals surface area contributed by atoms with Crippen molar-refractivity contribution in [3.05, 3.63) is 39.3 Å². The predicted octanol–water partition coefficient (Wildman–Crippen LogP) is 4.14. The Bertz CT molecular complexity index is 717. The fourth-order valence-electron chi connectivity index (χ4n) is 1.85. The third-order valence-corrected chi connectivity index (χ3v) is 3.02. The first-order chi connectivity index (χ1) is 10.7. The fourth-order valence-corrected chi connectivity index (χ4v) is 2.10. The number of fused-ring (bicyclic) bond motifs is 1. The van der Waals surface area contributed by atoms with Crippen LogP contribution in [0, 0.1) is 15.9 Å². The molecular formula is C15H19ClFN3O3. The number of nitro groups is 1. The molecule has 2 rings (SSSR count). The number of nitrogens with one attached hydrogen (secondary N) is 1. The minimum Gasteiger partial charge on any atom is -0.389 e. The van der Waals surface area contributed by atoms with Gasteiger partial charge >= 0.3 is 5.69 Å². The van der Waals surface area contributed by atoms with Crippen molar-refractivity contribution in [2.24, 2.45) is 0 Å². The number of aromatic nitrogens is 1. The molecule has 0 saturated heterocycles. The summed E-state index contributed by atoms with van der Waals surface area (Å²) in [6.07, 6.45) is 0. The Kier molecular flexibility index (Phi) is 6.23. The predicted molar refractivity (Wildman–Crippen MR) is 89.5 cm³/mol. The zero-order valence-corrected chi connectivity index (χ0v) is 14.1. The summed E-state index contributed by atoms with van der Waals surface area (Å²) in [5, 5.41) is 23.8. The maximum atomic E-state index is 13.3. The van der Waals surface area contributed by atoms with Gasteiger partial charge in [0.1, 0.15) is 11.5 Å². The molecule has 0 bridgehead atoms. The maximum Gasteiger partial charge on any atom is 0.329 e. The summed E-state index contributed by atoms with van der Waals surface area (Å²) in [4.78, 5) is 14.4. The molecule has 1 aromatic heterocycles. The highest BCUT2D eigenvalue weighted by molar-refractivity contribution is 6.33. The number of benzene rings is 1. The standard InChI is InChI=1S/C13H13ClFN3O3.C2H6/c1-13(2,19)6-16-10-8-4-3-7(15)5-9(8)17-12(14)11(10)18(20)21;1-2/h3-5,19H,6H2,1-2H3,(H,16,17);1-2H3. The topological polar surface area (TPSA) is 88.3 Å². The molecular weight excluding hydrogens is 325 g/mol. The van der Waals surface area contributed by atoms with Crippen molar-refractivity contribution in [2.75, 3.05) is 11.9 Å². The van der Waals surface area contributed by atoms with Gasteiger partial charge in [-0.25, -0.2) is 9.37 Å². The quantitative estimate of drug-likeness (QED) is 0.494. The molecule has 23 heavy (non-hydrogen) atoms. The highest BCUT2D eigenvalue weighted by Gasteiger charge is 2.25. The van der Waals surface area contributed by atoms with Crippen molar-refractivity contribution in [3.8, 4) is 0 Å². The average Bonchev–Trinajstić information content (AvgIpc) is 2.44. The lowest BCUT2D eigenvalue weighted by Crippen LogP contribution is -2.29. The van der Waals surface area contributed by atoms with Gasteiger partial charge in [0.2, 0.25) is 5.15 Å². The molecule has 0 saturated carbocycles. The summed E-state index contributed by atoms with van der Waals surface area (Å²) in [7, 11) is 0. The van der Waals surface area contributed by atoms with Gasteiger partial charge in [-0.1, -0.05) is 25.4 Å². The van der Waals surface area contributed by atoms with Crippen molar-refractivity contribution in [1.29, 1.82) is 0 Å². The maximum absolute atomic E-state index is 13.3. The molecule has 1 aromatic carbocycles. The Hall–Kier alpha value is -1.99. The van der Waals surface area contributed by atoms with E-state index < -0.39 is 22.0 Å². The van der Waals surface area contributed by atoms with Crippen LogP contribution in [-0.2, 0) is 0 Å². The molecule has 0 aliphatic rings. The lowest BCUT2D eigenvalue weighted by molar-refractivity contribution is -0.384. The van der Waals surface area contributed by atoms with Crippen molar-refractivity contribution in [3.63, 3.8) is 0 Å². The number of rotatable bonds is 4. The third kappa shape index (κ3) is 4.74. The van der Waals surface area contributed by atoms with E-state index in [4.69, 9.17) is 11.6 Å². The summed E-state index contributed by atoms with van der Waals surface area (Å²) < 4.78 is 13.3. The Labute approximate surface area is 138 Å². The van der Waals surface area contributed by atoms with Crippen LogP contribution in [0.25, 0.3) is 10.9 Å². The number of nitrogens with zero attached hydrogens (tertiary/aromatic N) is 2. The Morgan fingerprint density at radius 1 is 1.43 bits per heavy atom. The number of aliphatic hydroxyl groups is 1. The first-order valence-electron chi connectivity index (χ1n) is 7.08. The highest BCUT2D eigenvalue weighted by Crippen LogP contribution is 2.37. The molecule has 2 aromatic rings. The van der Waals surface area contributed by atoms with E-state index in [1.165, 1.54) is 12.1 Å². The number of anilines is 1. The van der Waals surface area contributed by atoms with Crippen LogP contribution in [0.15, 0.2) is 18.2 Å². The van der Waals surface area contributed by atoms with Gasteiger partial charge in [-0.15, -0.1) is 0 Å². The van der Waals surface area contributed by atoms with Crippen LogP contribution in [0.5, 0.6) is 0 Å². The zero-order chi connectivity index (χ0) is 17.8. The van der Waals surface area contributed by atoms with E-state index in [-0.39, 0.29) is 22.9 Å². The minimum atomic E-state index is -1.09. The van der Waals surface area contributed by atoms with Crippen LogP contribution in [0.2, 0.25) is 5.15 Å². The van der Waals surface area contributed by atoms with Gasteiger partial charge in [-0.2, -0.15) is 0 Å². The van der Waals surface area contributed by atoms with Gasteiger partial charge in [0, 0.05) is 18.0 Å². The van der Waals surface area contributed by atoms with Crippen molar-refractivity contribution < 1.29 is 14.4 Å². The average molecular weight is 344 g/mol. The number of hydrogen-bond donors (Lipinski definition) is 2. The summed E-state index contributed by atoms with van der Waals surface area (Å²) >= 11 is 5.83. The monoisotopic (exact) mass is 343 g/mol. The van der Waals surface area contributed by atoms with Gasteiger partial charge < -0.3 is 10.4 Å². The molecule has 0 fully saturated rings. The third-order valence-electron chi connectivity index (χ3n) is 2.76. The molecule has 1 heterocycles. The first-order valence-corrected chi connectivity index (χ1v) is 7.46. The lowest BCUT2D eigenvalue weighted by atomic mass is 10.1. The highest BCUT2D eigenvalue weighted by atomic mass is 35.5. The Balaban J connectivity index is 0.00000127. The molecule has 0 aliphatic heterocycles. The smallest absolute Gasteiger partial charge is 0.329 e. The molecule has 0 spiro atoms. The Morgan fingerprint density at radius 2 is 2.04 bits per heavy atom. The van der Waals surface area contributed by atoms with Crippen molar-refractivity contribution >= 4 is 33.9 Å². The molecule has 8 heteroatoms. The number of halogens is 2. The van der Waals surface area contributed by atoms with Crippen LogP contribution in [0.3, 0.4) is 0 Å². The number of hydrogen-bond acceptors (Lipinski definition) is 5. The van der Waals surface area contributed by atoms with E-state index in [1.54, 1.807) is 13.8 Å². The summed E-state index contributed by atoms with van der Waals surface area (Å²) in [5.74, 6) is -0.520. The zero-order valence-electron chi connectivity index (χ0n) is 13.4. The summed E-state index contributed by atoms with van der Waals surface area (Å²) in [5.41, 5.74) is -1.18. The molecule has 2 N–H and O–H groups in total. The second-order valence-corrected chi connectivity index (χ2v) is 5.57. The minimum absolute atomic E-state index is 0.0562. The van der Waals surface area contributed by atoms with Crippen molar-refractivity contribution in [2.45, 2.75) is 33.3 Å². The lowest BCUT2D eigenvalue weighted by Gasteiger charge is -2.19. The van der Waals surface area contributed by atoms with E-state index in [0.717, 1.165) is 6.07 Å². The molecule has 0 aliphatic carbocycles. The second kappa shape index (κ2) is 7.52. The van der Waals surface area contributed by atoms with Gasteiger partial charge in [0.15, 0.2) is 0 Å². The molecule has 0 radical (unpaired) electrons. The Morgan fingerprint density at radius 3 is 2.57 bits per heavy atom. The SMILES string of the molecule is CC.CC(C)(O)CNc1c([N+](=O)[O-])c(Cl)nc2cc(F)ccc12. The van der Waals surface area contributed by atoms with E-state index in [2.05, 4.69) is 10.3 Å². The van der Waals surface area contributed by atoms with Gasteiger partial charge in [0.25, 0.3) is 0 Å². The van der Waals surface area contributed by atoms with Crippen LogP contribution in [-0.4, -0.2) is 27.2 Å². The summed E-state index contributed by atoms with van der Waals surface area (Å²) in [6.45, 7) is 7.16. The van der Waals surface area contributed by atoms with Gasteiger partial charge in [-0.05, 0) is 26.0 Å². The molecule has 126 valence electrons. The molecule has 6 nitrogen and oxygen atoms in total. The van der Waals surface area contributed by atoms with E-state index in [1.807, 2.05) is 13.8 Å². The first kappa shape index (κ1) is 19.1. The fraction of sp³-hybridized carbons (Fsp3) is 0.400. The van der Waals surface area contributed by atoms with Crippen LogP contribution in [0.4, 0.5) is 15.8 Å². The number of pyridine rings is 1. The van der Waals surface area contributed by atoms with E-state index in [9.17, 15) is 19.6 Å². The largest absolute Gasteiger partial charge is 0.389 e. The summed E-state index contributed by atoms with van der Waals surface area (Å²) in [6, 6.07) is 3.70. The van der Waals surface area contributed by atoms with Crippen LogP contribution >= 0.6 is 11.6 Å². The molecule has 0 amide bonds. The van der Waals surface area contributed by atoms with Gasteiger partial charge in [0.05, 0.1) is 16.0 Å². The van der Waals surface area contributed by atoms with Crippen molar-refractivity contribution in [1.82, 2.24) is 4.98 Å². The van der Waals surface area contributed by atoms with Crippen LogP contribution in [0.1, 0.15) is 27.7 Å². The second-order valence-electron chi connectivity index (χ2n) is 5.21. The van der Waals surface area contributed by atoms with Gasteiger partial charge in [-0.3, -0.25) is 10.1 Å². The van der Waals surface area contributed by atoms with E-state index in [0.29, 0.717) is 5.39 Å².